The lowest BCUT2D eigenvalue weighted by Crippen LogP contribution is -2.58. The molecule has 2 saturated carbocycles. The molecule has 2 aliphatic carbocycles. The number of halogens is 2. The zero-order chi connectivity index (χ0) is 20.5. The summed E-state index contributed by atoms with van der Waals surface area (Å²) < 4.78 is 3.31. The summed E-state index contributed by atoms with van der Waals surface area (Å²) in [4.78, 5) is 14.1. The van der Waals surface area contributed by atoms with Crippen molar-refractivity contribution in [2.24, 2.45) is 23.7 Å². The molecular formula is C22H32Cl2N2OS. The maximum atomic E-state index is 13.1. The maximum Gasteiger partial charge on any atom is 0.240 e. The Morgan fingerprint density at radius 1 is 1.18 bits per heavy atom. The van der Waals surface area contributed by atoms with Crippen molar-refractivity contribution in [2.75, 3.05) is 0 Å². The highest BCUT2D eigenvalue weighted by atomic mass is 35.5. The van der Waals surface area contributed by atoms with Crippen LogP contribution in [0.2, 0.25) is 10.0 Å². The zero-order valence-electron chi connectivity index (χ0n) is 17.2. The molecule has 28 heavy (non-hydrogen) atoms. The van der Waals surface area contributed by atoms with Crippen molar-refractivity contribution in [3.05, 3.63) is 28.2 Å². The first-order valence-corrected chi connectivity index (χ1v) is 12.0. The van der Waals surface area contributed by atoms with E-state index in [2.05, 4.69) is 23.9 Å². The van der Waals surface area contributed by atoms with E-state index >= 15 is 0 Å². The van der Waals surface area contributed by atoms with Crippen LogP contribution in [0.15, 0.2) is 23.1 Å². The van der Waals surface area contributed by atoms with Crippen LogP contribution in [-0.2, 0) is 4.79 Å². The van der Waals surface area contributed by atoms with Crippen LogP contribution < -0.4 is 10.0 Å². The average Bonchev–Trinajstić information content (AvgIpc) is 2.64. The van der Waals surface area contributed by atoms with Crippen LogP contribution in [0.4, 0.5) is 0 Å². The molecule has 3 rings (SSSR count). The summed E-state index contributed by atoms with van der Waals surface area (Å²) in [6.45, 7) is 8.49. The molecule has 0 aromatic heterocycles. The quantitative estimate of drug-likeness (QED) is 0.505. The third kappa shape index (κ3) is 5.19. The Morgan fingerprint density at radius 3 is 2.61 bits per heavy atom. The van der Waals surface area contributed by atoms with Crippen molar-refractivity contribution in [1.29, 1.82) is 0 Å². The highest BCUT2D eigenvalue weighted by molar-refractivity contribution is 7.97. The van der Waals surface area contributed by atoms with Gasteiger partial charge in [-0.2, -0.15) is 0 Å². The van der Waals surface area contributed by atoms with E-state index in [0.717, 1.165) is 23.2 Å². The molecule has 5 unspecified atom stereocenters. The van der Waals surface area contributed by atoms with Gasteiger partial charge in [-0.1, -0.05) is 43.5 Å². The van der Waals surface area contributed by atoms with E-state index in [9.17, 15) is 4.79 Å². The molecule has 0 aliphatic heterocycles. The summed E-state index contributed by atoms with van der Waals surface area (Å²) >= 11 is 13.5. The lowest BCUT2D eigenvalue weighted by atomic mass is 9.62. The van der Waals surface area contributed by atoms with Crippen LogP contribution in [0.3, 0.4) is 0 Å². The molecule has 1 amide bonds. The van der Waals surface area contributed by atoms with Crippen molar-refractivity contribution in [3.8, 4) is 0 Å². The van der Waals surface area contributed by atoms with Crippen molar-refractivity contribution in [1.82, 2.24) is 10.0 Å². The second-order valence-corrected chi connectivity index (χ2v) is 10.9. The molecule has 156 valence electrons. The van der Waals surface area contributed by atoms with Crippen molar-refractivity contribution >= 4 is 41.1 Å². The van der Waals surface area contributed by atoms with Gasteiger partial charge in [-0.05, 0) is 93.3 Å². The molecule has 2 aliphatic rings. The monoisotopic (exact) mass is 442 g/mol. The topological polar surface area (TPSA) is 41.1 Å². The molecule has 2 bridgehead atoms. The van der Waals surface area contributed by atoms with Gasteiger partial charge in [0, 0.05) is 10.9 Å². The second kappa shape index (κ2) is 9.16. The van der Waals surface area contributed by atoms with Crippen LogP contribution in [0, 0.1) is 23.7 Å². The normalized spacial score (nSPS) is 30.1. The Hall–Kier alpha value is -0.420. The Bertz CT molecular complexity index is 710. The Morgan fingerprint density at radius 2 is 1.93 bits per heavy atom. The SMILES string of the molecule is CCC1CC2CC(C)CC(C2)C1NC(=O)C(C)(C)NSc1ccc(Cl)c(Cl)c1. The predicted molar refractivity (Wildman–Crippen MR) is 120 cm³/mol. The molecule has 3 nitrogen and oxygen atoms in total. The molecule has 2 fully saturated rings. The van der Waals surface area contributed by atoms with E-state index in [1.807, 2.05) is 26.0 Å². The fraction of sp³-hybridized carbons (Fsp3) is 0.682. The standard InChI is InChI=1S/C22H32Cl2N2OS/c1-5-15-10-14-8-13(2)9-16(11-14)20(15)25-21(27)22(3,4)26-28-17-6-7-18(23)19(24)12-17/h6-7,12-16,20,26H,5,8-11H2,1-4H3,(H,25,27). The molecule has 1 aromatic rings. The van der Waals surface area contributed by atoms with Crippen LogP contribution >= 0.6 is 35.1 Å². The number of fused-ring (bicyclic) bond motifs is 2. The molecule has 0 heterocycles. The molecule has 1 aromatic carbocycles. The zero-order valence-corrected chi connectivity index (χ0v) is 19.6. The Labute approximate surface area is 183 Å². The van der Waals surface area contributed by atoms with E-state index in [4.69, 9.17) is 23.2 Å². The third-order valence-corrected chi connectivity index (χ3v) is 8.27. The Kier molecular flexibility index (Phi) is 7.28. The van der Waals surface area contributed by atoms with Gasteiger partial charge in [0.15, 0.2) is 0 Å². The fourth-order valence-electron chi connectivity index (χ4n) is 5.01. The predicted octanol–water partition coefficient (Wildman–Crippen LogP) is 6.34. The summed E-state index contributed by atoms with van der Waals surface area (Å²) in [7, 11) is 0. The van der Waals surface area contributed by atoms with E-state index in [1.54, 1.807) is 6.07 Å². The Balaban J connectivity index is 1.63. The van der Waals surface area contributed by atoms with Crippen LogP contribution in [0.1, 0.15) is 59.8 Å². The first kappa shape index (κ1) is 22.3. The number of carbonyl (C=O) groups is 1. The summed E-state index contributed by atoms with van der Waals surface area (Å²) in [5, 5.41) is 4.48. The number of nitrogens with one attached hydrogen (secondary N) is 2. The second-order valence-electron chi connectivity index (χ2n) is 9.25. The van der Waals surface area contributed by atoms with Crippen molar-refractivity contribution < 1.29 is 4.79 Å². The van der Waals surface area contributed by atoms with Gasteiger partial charge in [0.1, 0.15) is 5.54 Å². The van der Waals surface area contributed by atoms with Gasteiger partial charge in [0.25, 0.3) is 0 Å². The number of rotatable bonds is 6. The minimum absolute atomic E-state index is 0.0696. The molecular weight excluding hydrogens is 411 g/mol. The molecule has 5 atom stereocenters. The average molecular weight is 443 g/mol. The molecule has 0 spiro atoms. The lowest BCUT2D eigenvalue weighted by molar-refractivity contribution is -0.128. The summed E-state index contributed by atoms with van der Waals surface area (Å²) in [6.07, 6.45) is 6.27. The van der Waals surface area contributed by atoms with E-state index in [-0.39, 0.29) is 5.91 Å². The van der Waals surface area contributed by atoms with Crippen molar-refractivity contribution in [3.63, 3.8) is 0 Å². The number of amides is 1. The minimum atomic E-state index is -0.688. The lowest BCUT2D eigenvalue weighted by Gasteiger charge is -2.48. The number of carbonyl (C=O) groups excluding carboxylic acids is 1. The van der Waals surface area contributed by atoms with E-state index in [1.165, 1.54) is 37.6 Å². The smallest absolute Gasteiger partial charge is 0.240 e. The van der Waals surface area contributed by atoms with Gasteiger partial charge in [-0.25, -0.2) is 4.72 Å². The highest BCUT2D eigenvalue weighted by Gasteiger charge is 2.43. The van der Waals surface area contributed by atoms with Gasteiger partial charge in [-0.15, -0.1) is 0 Å². The molecule has 0 radical (unpaired) electrons. The van der Waals surface area contributed by atoms with Gasteiger partial charge >= 0.3 is 0 Å². The molecule has 2 N–H and O–H groups in total. The highest BCUT2D eigenvalue weighted by Crippen LogP contribution is 2.46. The fourth-order valence-corrected chi connectivity index (χ4v) is 6.15. The first-order valence-electron chi connectivity index (χ1n) is 10.4. The summed E-state index contributed by atoms with van der Waals surface area (Å²) in [5.74, 6) is 2.91. The number of hydrogen-bond donors (Lipinski definition) is 2. The third-order valence-electron chi connectivity index (χ3n) is 6.43. The number of hydrogen-bond acceptors (Lipinski definition) is 3. The summed E-state index contributed by atoms with van der Waals surface area (Å²) in [6, 6.07) is 5.79. The van der Waals surface area contributed by atoms with Crippen LogP contribution in [0.25, 0.3) is 0 Å². The van der Waals surface area contributed by atoms with Gasteiger partial charge < -0.3 is 5.32 Å². The van der Waals surface area contributed by atoms with Gasteiger partial charge in [0.05, 0.1) is 10.0 Å². The van der Waals surface area contributed by atoms with E-state index < -0.39 is 5.54 Å². The number of benzene rings is 1. The van der Waals surface area contributed by atoms with Gasteiger partial charge in [-0.3, -0.25) is 4.79 Å². The maximum absolute atomic E-state index is 13.1. The van der Waals surface area contributed by atoms with Crippen LogP contribution in [-0.4, -0.2) is 17.5 Å². The minimum Gasteiger partial charge on any atom is -0.351 e. The summed E-state index contributed by atoms with van der Waals surface area (Å²) in [5.41, 5.74) is -0.688. The van der Waals surface area contributed by atoms with Gasteiger partial charge in [0.2, 0.25) is 5.91 Å². The largest absolute Gasteiger partial charge is 0.351 e. The molecule has 6 heteroatoms. The van der Waals surface area contributed by atoms with E-state index in [0.29, 0.717) is 27.9 Å². The van der Waals surface area contributed by atoms with Crippen molar-refractivity contribution in [2.45, 2.75) is 76.3 Å². The van der Waals surface area contributed by atoms with Crippen LogP contribution in [0.5, 0.6) is 0 Å². The first-order chi connectivity index (χ1) is 13.2. The molecule has 0 saturated heterocycles.